The van der Waals surface area contributed by atoms with Crippen molar-refractivity contribution in [2.75, 3.05) is 6.54 Å². The Hall–Kier alpha value is -1.43. The number of halogens is 4. The fourth-order valence-corrected chi connectivity index (χ4v) is 1.87. The van der Waals surface area contributed by atoms with Gasteiger partial charge in [-0.05, 0) is 43.5 Å². The van der Waals surface area contributed by atoms with Crippen molar-refractivity contribution < 1.29 is 22.4 Å². The second-order valence-corrected chi connectivity index (χ2v) is 4.84. The van der Waals surface area contributed by atoms with Crippen LogP contribution in [-0.4, -0.2) is 12.3 Å². The molecule has 0 amide bonds. The molecular formula is C14H17F4NO. The van der Waals surface area contributed by atoms with Crippen molar-refractivity contribution in [3.05, 3.63) is 35.1 Å². The lowest BCUT2D eigenvalue weighted by molar-refractivity contribution is -0.140. The molecule has 1 atom stereocenters. The molecule has 1 aromatic carbocycles. The molecule has 0 aromatic heterocycles. The minimum Gasteiger partial charge on any atom is -0.330 e. The first-order chi connectivity index (χ1) is 9.25. The van der Waals surface area contributed by atoms with E-state index in [0.29, 0.717) is 25.1 Å². The SMILES string of the molecule is CC(CCN)CCC(=O)c1ccc(F)c(C(F)(F)F)c1. The molecule has 0 radical (unpaired) electrons. The highest BCUT2D eigenvalue weighted by atomic mass is 19.4. The van der Waals surface area contributed by atoms with Crippen LogP contribution < -0.4 is 5.73 Å². The third kappa shape index (κ3) is 4.59. The lowest BCUT2D eigenvalue weighted by Gasteiger charge is -2.11. The van der Waals surface area contributed by atoms with Gasteiger partial charge in [0.1, 0.15) is 5.82 Å². The molecule has 1 aromatic rings. The fraction of sp³-hybridized carbons (Fsp3) is 0.500. The standard InChI is InChI=1S/C14H17F4NO/c1-9(6-7-19)2-5-13(20)10-3-4-12(15)11(8-10)14(16,17)18/h3-4,8-9H,2,5-7,19H2,1H3. The van der Waals surface area contributed by atoms with Gasteiger partial charge in [-0.25, -0.2) is 4.39 Å². The number of rotatable bonds is 6. The quantitative estimate of drug-likeness (QED) is 0.640. The molecule has 6 heteroatoms. The van der Waals surface area contributed by atoms with Crippen LogP contribution in [0.3, 0.4) is 0 Å². The van der Waals surface area contributed by atoms with Crippen molar-refractivity contribution in [2.45, 2.75) is 32.4 Å². The van der Waals surface area contributed by atoms with Gasteiger partial charge >= 0.3 is 6.18 Å². The summed E-state index contributed by atoms with van der Waals surface area (Å²) in [6, 6.07) is 2.34. The summed E-state index contributed by atoms with van der Waals surface area (Å²) >= 11 is 0. The Labute approximate surface area is 115 Å². The highest BCUT2D eigenvalue weighted by molar-refractivity contribution is 5.96. The predicted octanol–water partition coefficient (Wildman–Crippen LogP) is 3.79. The molecule has 2 N–H and O–H groups in total. The van der Waals surface area contributed by atoms with E-state index in [1.807, 2.05) is 6.92 Å². The van der Waals surface area contributed by atoms with Gasteiger partial charge < -0.3 is 5.73 Å². The largest absolute Gasteiger partial charge is 0.419 e. The summed E-state index contributed by atoms with van der Waals surface area (Å²) in [7, 11) is 0. The van der Waals surface area contributed by atoms with Gasteiger partial charge in [-0.1, -0.05) is 6.92 Å². The van der Waals surface area contributed by atoms with E-state index in [9.17, 15) is 22.4 Å². The summed E-state index contributed by atoms with van der Waals surface area (Å²) in [5.41, 5.74) is 3.86. The van der Waals surface area contributed by atoms with Gasteiger partial charge in [-0.3, -0.25) is 4.79 Å². The zero-order chi connectivity index (χ0) is 15.3. The normalized spacial score (nSPS) is 13.3. The summed E-state index contributed by atoms with van der Waals surface area (Å²) in [4.78, 5) is 11.8. The van der Waals surface area contributed by atoms with Crippen LogP contribution in [0.1, 0.15) is 42.1 Å². The predicted molar refractivity (Wildman–Crippen MR) is 67.8 cm³/mol. The van der Waals surface area contributed by atoms with Crippen molar-refractivity contribution in [3.8, 4) is 0 Å². The molecule has 112 valence electrons. The molecular weight excluding hydrogens is 274 g/mol. The van der Waals surface area contributed by atoms with E-state index in [-0.39, 0.29) is 17.9 Å². The number of hydrogen-bond donors (Lipinski definition) is 1. The third-order valence-corrected chi connectivity index (χ3v) is 3.12. The molecule has 0 fully saturated rings. The van der Waals surface area contributed by atoms with Crippen molar-refractivity contribution in [1.82, 2.24) is 0 Å². The van der Waals surface area contributed by atoms with Crippen LogP contribution in [0.2, 0.25) is 0 Å². The minimum absolute atomic E-state index is 0.112. The maximum absolute atomic E-state index is 13.1. The third-order valence-electron chi connectivity index (χ3n) is 3.12. The van der Waals surface area contributed by atoms with Crippen molar-refractivity contribution in [1.29, 1.82) is 0 Å². The molecule has 1 unspecified atom stereocenters. The molecule has 2 nitrogen and oxygen atoms in total. The zero-order valence-corrected chi connectivity index (χ0v) is 11.1. The second kappa shape index (κ2) is 6.83. The molecule has 0 aliphatic rings. The van der Waals surface area contributed by atoms with Crippen molar-refractivity contribution in [2.24, 2.45) is 11.7 Å². The van der Waals surface area contributed by atoms with Crippen LogP contribution in [0.5, 0.6) is 0 Å². The average molecular weight is 291 g/mol. The molecule has 0 aliphatic carbocycles. The fourth-order valence-electron chi connectivity index (χ4n) is 1.87. The molecule has 0 spiro atoms. The number of carbonyl (C=O) groups is 1. The van der Waals surface area contributed by atoms with Crippen LogP contribution in [0.4, 0.5) is 17.6 Å². The molecule has 0 heterocycles. The molecule has 0 saturated carbocycles. The summed E-state index contributed by atoms with van der Waals surface area (Å²) < 4.78 is 50.7. The van der Waals surface area contributed by atoms with Crippen LogP contribution >= 0.6 is 0 Å². The van der Waals surface area contributed by atoms with Crippen molar-refractivity contribution >= 4 is 5.78 Å². The number of Topliss-reactive ketones (excluding diaryl/α,β-unsaturated/α-hetero) is 1. The lowest BCUT2D eigenvalue weighted by Crippen LogP contribution is -2.11. The zero-order valence-electron chi connectivity index (χ0n) is 11.1. The Morgan fingerprint density at radius 3 is 2.50 bits per heavy atom. The Morgan fingerprint density at radius 2 is 1.95 bits per heavy atom. The van der Waals surface area contributed by atoms with E-state index < -0.39 is 23.3 Å². The minimum atomic E-state index is -4.80. The molecule has 20 heavy (non-hydrogen) atoms. The highest BCUT2D eigenvalue weighted by Crippen LogP contribution is 2.32. The number of benzene rings is 1. The van der Waals surface area contributed by atoms with Crippen molar-refractivity contribution in [3.63, 3.8) is 0 Å². The highest BCUT2D eigenvalue weighted by Gasteiger charge is 2.34. The van der Waals surface area contributed by atoms with Crippen LogP contribution in [0.15, 0.2) is 18.2 Å². The van der Waals surface area contributed by atoms with Gasteiger partial charge in [0.2, 0.25) is 0 Å². The topological polar surface area (TPSA) is 43.1 Å². The molecule has 0 bridgehead atoms. The number of alkyl halides is 3. The summed E-state index contributed by atoms with van der Waals surface area (Å²) in [6.07, 6.45) is -3.36. The number of hydrogen-bond acceptors (Lipinski definition) is 2. The van der Waals surface area contributed by atoms with Crippen LogP contribution in [0, 0.1) is 11.7 Å². The number of nitrogens with two attached hydrogens (primary N) is 1. The van der Waals surface area contributed by atoms with E-state index in [1.54, 1.807) is 0 Å². The molecule has 0 saturated heterocycles. The maximum Gasteiger partial charge on any atom is 0.419 e. The first-order valence-corrected chi connectivity index (χ1v) is 6.35. The van der Waals surface area contributed by atoms with Crippen LogP contribution in [-0.2, 0) is 6.18 Å². The molecule has 0 aliphatic heterocycles. The van der Waals surface area contributed by atoms with E-state index in [0.717, 1.165) is 12.5 Å². The van der Waals surface area contributed by atoms with Gasteiger partial charge in [-0.2, -0.15) is 13.2 Å². The monoisotopic (exact) mass is 291 g/mol. The Balaban J connectivity index is 2.79. The van der Waals surface area contributed by atoms with Gasteiger partial charge in [0.05, 0.1) is 5.56 Å². The van der Waals surface area contributed by atoms with E-state index in [1.165, 1.54) is 0 Å². The van der Waals surface area contributed by atoms with Gasteiger partial charge in [0.25, 0.3) is 0 Å². The van der Waals surface area contributed by atoms with Gasteiger partial charge in [-0.15, -0.1) is 0 Å². The summed E-state index contributed by atoms with van der Waals surface area (Å²) in [5.74, 6) is -1.56. The first kappa shape index (κ1) is 16.6. The lowest BCUT2D eigenvalue weighted by atomic mass is 9.97. The van der Waals surface area contributed by atoms with Gasteiger partial charge in [0.15, 0.2) is 5.78 Å². The summed E-state index contributed by atoms with van der Waals surface area (Å²) in [6.45, 7) is 2.43. The second-order valence-electron chi connectivity index (χ2n) is 4.84. The number of carbonyl (C=O) groups excluding carboxylic acids is 1. The van der Waals surface area contributed by atoms with E-state index in [4.69, 9.17) is 5.73 Å². The first-order valence-electron chi connectivity index (χ1n) is 6.35. The maximum atomic E-state index is 13.1. The Kier molecular flexibility index (Phi) is 5.68. The average Bonchev–Trinajstić information content (AvgIpc) is 2.35. The van der Waals surface area contributed by atoms with E-state index in [2.05, 4.69) is 0 Å². The number of ketones is 1. The summed E-state index contributed by atoms with van der Waals surface area (Å²) in [5, 5.41) is 0. The van der Waals surface area contributed by atoms with Crippen LogP contribution in [0.25, 0.3) is 0 Å². The Bertz CT molecular complexity index is 471. The van der Waals surface area contributed by atoms with Gasteiger partial charge in [0, 0.05) is 12.0 Å². The molecule has 1 rings (SSSR count). The smallest absolute Gasteiger partial charge is 0.330 e. The van der Waals surface area contributed by atoms with E-state index >= 15 is 0 Å². The Morgan fingerprint density at radius 1 is 1.30 bits per heavy atom.